The zero-order valence-electron chi connectivity index (χ0n) is 9.12. The van der Waals surface area contributed by atoms with Crippen LogP contribution in [0.25, 0.3) is 0 Å². The van der Waals surface area contributed by atoms with E-state index >= 15 is 0 Å². The van der Waals surface area contributed by atoms with Crippen LogP contribution < -0.4 is 0 Å². The van der Waals surface area contributed by atoms with Crippen molar-refractivity contribution in [3.05, 3.63) is 0 Å². The van der Waals surface area contributed by atoms with Crippen LogP contribution in [0.5, 0.6) is 0 Å². The molecular weight excluding hydrogens is 196 g/mol. The first-order chi connectivity index (χ1) is 6.84. The average molecular weight is 210 g/mol. The summed E-state index contributed by atoms with van der Waals surface area (Å²) in [6.07, 6.45) is 1.05. The summed E-state index contributed by atoms with van der Waals surface area (Å²) in [6.45, 7) is 6.08. The Hall–Kier alpha value is -1.06. The number of fused-ring (bicyclic) bond motifs is 3. The largest absolute Gasteiger partial charge is 0.515 e. The van der Waals surface area contributed by atoms with Crippen LogP contribution in [0.1, 0.15) is 33.6 Å². The van der Waals surface area contributed by atoms with Crippen molar-refractivity contribution in [2.24, 2.45) is 16.7 Å². The summed E-state index contributed by atoms with van der Waals surface area (Å²) in [7, 11) is 0. The lowest BCUT2D eigenvalue weighted by atomic mass is 9.70. The van der Waals surface area contributed by atoms with E-state index in [9.17, 15) is 9.59 Å². The molecule has 1 saturated heterocycles. The van der Waals surface area contributed by atoms with Crippen molar-refractivity contribution in [2.75, 3.05) is 0 Å². The van der Waals surface area contributed by atoms with E-state index in [0.29, 0.717) is 0 Å². The molecule has 82 valence electrons. The number of carbonyl (C=O) groups excluding carboxylic acids is 2. The lowest BCUT2D eigenvalue weighted by Gasteiger charge is -2.42. The molecule has 1 aliphatic heterocycles. The first kappa shape index (κ1) is 9.19. The first-order valence-electron chi connectivity index (χ1n) is 5.31. The highest BCUT2D eigenvalue weighted by atomic mass is 16.9. The van der Waals surface area contributed by atoms with Gasteiger partial charge in [-0.2, -0.15) is 0 Å². The number of rotatable bonds is 0. The molecule has 0 aromatic carbocycles. The third kappa shape index (κ3) is 0.674. The predicted molar refractivity (Wildman–Crippen MR) is 49.9 cm³/mol. The van der Waals surface area contributed by atoms with Crippen LogP contribution >= 0.6 is 0 Å². The van der Waals surface area contributed by atoms with Gasteiger partial charge in [-0.1, -0.05) is 20.8 Å². The molecule has 2 unspecified atom stereocenters. The average Bonchev–Trinajstić information content (AvgIpc) is 2.38. The van der Waals surface area contributed by atoms with Crippen LogP contribution in [0.15, 0.2) is 0 Å². The van der Waals surface area contributed by atoms with Crippen molar-refractivity contribution in [2.45, 2.75) is 39.4 Å². The molecule has 3 aliphatic rings. The van der Waals surface area contributed by atoms with Gasteiger partial charge in [0, 0.05) is 5.41 Å². The molecule has 4 heteroatoms. The third-order valence-electron chi connectivity index (χ3n) is 4.97. The molecule has 2 bridgehead atoms. The van der Waals surface area contributed by atoms with E-state index in [-0.39, 0.29) is 17.1 Å². The number of Topliss-reactive ketones (excluding diaryl/α,β-unsaturated/α-hetero) is 1. The second-order valence-corrected chi connectivity index (χ2v) is 5.60. The second-order valence-electron chi connectivity index (χ2n) is 5.60. The van der Waals surface area contributed by atoms with Crippen LogP contribution in [0.4, 0.5) is 4.79 Å². The highest BCUT2D eigenvalue weighted by Gasteiger charge is 2.80. The standard InChI is InChI=1S/C11H14O4/c1-9(2)6-4-5-10(9,3)7(12)11(6)14-8(13)15-11/h6H,4-5H2,1-3H3. The smallest absolute Gasteiger partial charge is 0.383 e. The molecule has 3 rings (SSSR count). The monoisotopic (exact) mass is 210 g/mol. The molecule has 1 spiro atoms. The molecule has 3 fully saturated rings. The number of hydrogen-bond acceptors (Lipinski definition) is 4. The van der Waals surface area contributed by atoms with Crippen LogP contribution in [0.3, 0.4) is 0 Å². The first-order valence-corrected chi connectivity index (χ1v) is 5.31. The van der Waals surface area contributed by atoms with Crippen LogP contribution in [0, 0.1) is 16.7 Å². The molecule has 2 saturated carbocycles. The summed E-state index contributed by atoms with van der Waals surface area (Å²) in [6, 6.07) is 0. The maximum Gasteiger partial charge on any atom is 0.515 e. The molecule has 2 aliphatic carbocycles. The summed E-state index contributed by atoms with van der Waals surface area (Å²) in [5.74, 6) is -1.26. The molecule has 2 atom stereocenters. The van der Waals surface area contributed by atoms with E-state index < -0.39 is 17.4 Å². The Bertz CT molecular complexity index is 376. The van der Waals surface area contributed by atoms with Crippen molar-refractivity contribution < 1.29 is 19.1 Å². The number of carbonyl (C=O) groups is 2. The van der Waals surface area contributed by atoms with E-state index in [4.69, 9.17) is 9.47 Å². The molecule has 0 radical (unpaired) electrons. The highest BCUT2D eigenvalue weighted by molar-refractivity contribution is 6.00. The van der Waals surface area contributed by atoms with Crippen molar-refractivity contribution >= 4 is 11.9 Å². The lowest BCUT2D eigenvalue weighted by Crippen LogP contribution is -2.60. The Balaban J connectivity index is 2.11. The van der Waals surface area contributed by atoms with Crippen molar-refractivity contribution in [1.29, 1.82) is 0 Å². The number of hydrogen-bond donors (Lipinski definition) is 0. The molecule has 1 heterocycles. The summed E-state index contributed by atoms with van der Waals surface area (Å²) in [5.41, 5.74) is -0.552. The molecule has 0 N–H and O–H groups in total. The fourth-order valence-corrected chi connectivity index (χ4v) is 3.60. The van der Waals surface area contributed by atoms with Crippen molar-refractivity contribution in [3.63, 3.8) is 0 Å². The number of ether oxygens (including phenoxy) is 2. The van der Waals surface area contributed by atoms with Gasteiger partial charge in [0.05, 0.1) is 5.92 Å². The van der Waals surface area contributed by atoms with E-state index in [1.54, 1.807) is 0 Å². The Morgan fingerprint density at radius 1 is 1.20 bits per heavy atom. The van der Waals surface area contributed by atoms with E-state index in [1.165, 1.54) is 0 Å². The van der Waals surface area contributed by atoms with Gasteiger partial charge in [-0.05, 0) is 18.3 Å². The van der Waals surface area contributed by atoms with Crippen LogP contribution in [-0.2, 0) is 14.3 Å². The van der Waals surface area contributed by atoms with Gasteiger partial charge in [-0.15, -0.1) is 0 Å². The Kier molecular flexibility index (Phi) is 1.26. The summed E-state index contributed by atoms with van der Waals surface area (Å²) in [4.78, 5) is 23.1. The van der Waals surface area contributed by atoms with E-state index in [0.717, 1.165) is 12.8 Å². The topological polar surface area (TPSA) is 52.6 Å². The molecular formula is C11H14O4. The Morgan fingerprint density at radius 2 is 1.80 bits per heavy atom. The van der Waals surface area contributed by atoms with Crippen molar-refractivity contribution in [3.8, 4) is 0 Å². The van der Waals surface area contributed by atoms with Gasteiger partial charge < -0.3 is 9.47 Å². The maximum atomic E-state index is 12.3. The minimum absolute atomic E-state index is 0.0141. The molecule has 0 amide bonds. The van der Waals surface area contributed by atoms with Crippen molar-refractivity contribution in [1.82, 2.24) is 0 Å². The van der Waals surface area contributed by atoms with Gasteiger partial charge in [-0.3, -0.25) is 4.79 Å². The minimum atomic E-state index is -1.23. The zero-order chi connectivity index (χ0) is 11.1. The summed E-state index contributed by atoms with van der Waals surface area (Å²) >= 11 is 0. The molecule has 4 nitrogen and oxygen atoms in total. The minimum Gasteiger partial charge on any atom is -0.383 e. The maximum absolute atomic E-state index is 12.3. The second kappa shape index (κ2) is 2.06. The SMILES string of the molecule is CC12CCC(C3(OC(=O)O3)C1=O)C2(C)C. The fourth-order valence-electron chi connectivity index (χ4n) is 3.60. The van der Waals surface area contributed by atoms with E-state index in [1.807, 2.05) is 6.92 Å². The summed E-state index contributed by atoms with van der Waals surface area (Å²) < 4.78 is 10.0. The zero-order valence-corrected chi connectivity index (χ0v) is 9.12. The summed E-state index contributed by atoms with van der Waals surface area (Å²) in [5, 5.41) is 0. The van der Waals surface area contributed by atoms with Gasteiger partial charge in [-0.25, -0.2) is 4.79 Å². The predicted octanol–water partition coefficient (Wildman–Crippen LogP) is 1.87. The van der Waals surface area contributed by atoms with Gasteiger partial charge in [0.15, 0.2) is 0 Å². The fraction of sp³-hybridized carbons (Fsp3) is 0.818. The van der Waals surface area contributed by atoms with Gasteiger partial charge in [0.2, 0.25) is 5.78 Å². The van der Waals surface area contributed by atoms with Crippen LogP contribution in [-0.4, -0.2) is 17.7 Å². The van der Waals surface area contributed by atoms with Crippen LogP contribution in [0.2, 0.25) is 0 Å². The quantitative estimate of drug-likeness (QED) is 0.573. The lowest BCUT2D eigenvalue weighted by molar-refractivity contribution is -0.279. The highest BCUT2D eigenvalue weighted by Crippen LogP contribution is 2.69. The molecule has 0 aromatic rings. The normalized spacial score (nSPS) is 43.8. The molecule has 15 heavy (non-hydrogen) atoms. The molecule has 0 aromatic heterocycles. The van der Waals surface area contributed by atoms with E-state index in [2.05, 4.69) is 13.8 Å². The Morgan fingerprint density at radius 3 is 2.20 bits per heavy atom. The Labute approximate surface area is 87.9 Å². The third-order valence-corrected chi connectivity index (χ3v) is 4.97. The number of ketones is 1. The van der Waals surface area contributed by atoms with Gasteiger partial charge in [0.1, 0.15) is 0 Å². The van der Waals surface area contributed by atoms with Gasteiger partial charge in [0.25, 0.3) is 0 Å². The van der Waals surface area contributed by atoms with Gasteiger partial charge >= 0.3 is 11.9 Å².